The molecule has 0 saturated heterocycles. The van der Waals surface area contributed by atoms with Gasteiger partial charge in [-0.15, -0.1) is 0 Å². The van der Waals surface area contributed by atoms with Gasteiger partial charge in [-0.3, -0.25) is 4.98 Å². The first-order valence-electron chi connectivity index (χ1n) is 4.80. The van der Waals surface area contributed by atoms with Crippen LogP contribution >= 0.6 is 7.14 Å². The molecule has 0 aliphatic rings. The number of carboxylic acids is 1. The quantitative estimate of drug-likeness (QED) is 0.796. The molecule has 5 heteroatoms. The highest BCUT2D eigenvalue weighted by Crippen LogP contribution is 2.42. The first-order valence-corrected chi connectivity index (χ1v) is 6.88. The summed E-state index contributed by atoms with van der Waals surface area (Å²) in [6.45, 7) is 3.69. The van der Waals surface area contributed by atoms with Crippen molar-refractivity contribution in [3.63, 3.8) is 0 Å². The van der Waals surface area contributed by atoms with E-state index >= 15 is 0 Å². The van der Waals surface area contributed by atoms with Crippen LogP contribution < -0.4 is 5.30 Å². The maximum atomic E-state index is 12.3. The van der Waals surface area contributed by atoms with Crippen LogP contribution in [0, 0.1) is 0 Å². The van der Waals surface area contributed by atoms with Crippen molar-refractivity contribution in [2.45, 2.75) is 13.8 Å². The topological polar surface area (TPSA) is 67.3 Å². The molecule has 0 radical (unpaired) electrons. The summed E-state index contributed by atoms with van der Waals surface area (Å²) >= 11 is 0. The van der Waals surface area contributed by atoms with Crippen LogP contribution in [0.5, 0.6) is 0 Å². The van der Waals surface area contributed by atoms with E-state index in [-0.39, 0.29) is 5.56 Å². The molecule has 0 aliphatic heterocycles. The molecule has 1 N–H and O–H groups in total. The van der Waals surface area contributed by atoms with Gasteiger partial charge in [0.05, 0.1) is 5.56 Å². The molecule has 1 aromatic heterocycles. The van der Waals surface area contributed by atoms with Crippen LogP contribution in [0.15, 0.2) is 18.5 Å². The third kappa shape index (κ3) is 2.45. The number of pyridine rings is 1. The lowest BCUT2D eigenvalue weighted by molar-refractivity contribution is 0.0696. The van der Waals surface area contributed by atoms with Crippen molar-refractivity contribution in [2.24, 2.45) is 0 Å². The second-order valence-corrected chi connectivity index (χ2v) is 6.82. The zero-order valence-electron chi connectivity index (χ0n) is 8.80. The van der Waals surface area contributed by atoms with Gasteiger partial charge in [0.2, 0.25) is 0 Å². The Kier molecular flexibility index (Phi) is 3.64. The third-order valence-corrected chi connectivity index (χ3v) is 5.69. The molecule has 82 valence electrons. The van der Waals surface area contributed by atoms with E-state index in [4.69, 9.17) is 5.11 Å². The Bertz CT molecular complexity index is 409. The van der Waals surface area contributed by atoms with Gasteiger partial charge in [0, 0.05) is 30.0 Å². The molecule has 1 rings (SSSR count). The lowest BCUT2D eigenvalue weighted by Crippen LogP contribution is -2.12. The number of carbonyl (C=O) groups is 1. The van der Waals surface area contributed by atoms with Crippen LogP contribution in [0.2, 0.25) is 0 Å². The minimum Gasteiger partial charge on any atom is -0.478 e. The highest BCUT2D eigenvalue weighted by atomic mass is 31.2. The monoisotopic (exact) mass is 227 g/mol. The molecular weight excluding hydrogens is 213 g/mol. The largest absolute Gasteiger partial charge is 0.478 e. The van der Waals surface area contributed by atoms with Crippen molar-refractivity contribution in [1.29, 1.82) is 0 Å². The predicted molar refractivity (Wildman–Crippen MR) is 59.5 cm³/mol. The van der Waals surface area contributed by atoms with Crippen LogP contribution in [0.1, 0.15) is 24.2 Å². The molecule has 0 atom stereocenters. The fourth-order valence-electron chi connectivity index (χ4n) is 1.36. The maximum Gasteiger partial charge on any atom is 0.337 e. The minimum atomic E-state index is -2.43. The van der Waals surface area contributed by atoms with E-state index in [1.54, 1.807) is 0 Å². The van der Waals surface area contributed by atoms with Gasteiger partial charge in [-0.2, -0.15) is 0 Å². The SMILES string of the molecule is CCP(=O)(CC)c1cncc(C(=O)O)c1. The molecule has 1 heterocycles. The summed E-state index contributed by atoms with van der Waals surface area (Å²) < 4.78 is 12.3. The summed E-state index contributed by atoms with van der Waals surface area (Å²) in [5.74, 6) is -1.04. The standard InChI is InChI=1S/C10H14NO3P/c1-3-15(14,4-2)9-5-8(10(12)13)6-11-7-9/h5-7H,3-4H2,1-2H3,(H,12,13). The van der Waals surface area contributed by atoms with Gasteiger partial charge in [0.25, 0.3) is 0 Å². The Morgan fingerprint density at radius 1 is 1.40 bits per heavy atom. The predicted octanol–water partition coefficient (Wildman–Crippen LogP) is 1.81. The van der Waals surface area contributed by atoms with Crippen LogP contribution in [0.3, 0.4) is 0 Å². The third-order valence-electron chi connectivity index (χ3n) is 2.46. The number of aromatic carboxylic acids is 1. The Morgan fingerprint density at radius 3 is 2.47 bits per heavy atom. The molecule has 4 nitrogen and oxygen atoms in total. The number of nitrogens with zero attached hydrogens (tertiary/aromatic N) is 1. The van der Waals surface area contributed by atoms with Gasteiger partial charge in [-0.05, 0) is 6.07 Å². The van der Waals surface area contributed by atoms with Crippen molar-refractivity contribution in [2.75, 3.05) is 12.3 Å². The first-order chi connectivity index (χ1) is 7.03. The van der Waals surface area contributed by atoms with Crippen LogP contribution in [0.25, 0.3) is 0 Å². The molecule has 0 aromatic carbocycles. The molecule has 1 aromatic rings. The van der Waals surface area contributed by atoms with Crippen molar-refractivity contribution >= 4 is 18.4 Å². The van der Waals surface area contributed by atoms with Gasteiger partial charge >= 0.3 is 5.97 Å². The van der Waals surface area contributed by atoms with Crippen molar-refractivity contribution in [1.82, 2.24) is 4.98 Å². The van der Waals surface area contributed by atoms with E-state index in [9.17, 15) is 9.36 Å². The molecular formula is C10H14NO3P. The molecule has 0 unspecified atom stereocenters. The smallest absolute Gasteiger partial charge is 0.337 e. The number of hydrogen-bond acceptors (Lipinski definition) is 3. The summed E-state index contributed by atoms with van der Waals surface area (Å²) in [5.41, 5.74) is 0.0922. The number of hydrogen-bond donors (Lipinski definition) is 1. The second-order valence-electron chi connectivity index (χ2n) is 3.26. The van der Waals surface area contributed by atoms with Gasteiger partial charge in [-0.25, -0.2) is 4.79 Å². The minimum absolute atomic E-state index is 0.0922. The molecule has 0 amide bonds. The van der Waals surface area contributed by atoms with Gasteiger partial charge < -0.3 is 9.67 Å². The van der Waals surface area contributed by atoms with Gasteiger partial charge in [0.15, 0.2) is 0 Å². The lowest BCUT2D eigenvalue weighted by Gasteiger charge is -2.13. The number of rotatable bonds is 4. The van der Waals surface area contributed by atoms with Crippen LogP contribution in [0.4, 0.5) is 0 Å². The van der Waals surface area contributed by atoms with Crippen molar-refractivity contribution < 1.29 is 14.5 Å². The summed E-state index contributed by atoms with van der Waals surface area (Å²) in [4.78, 5) is 14.5. The van der Waals surface area contributed by atoms with E-state index in [0.717, 1.165) is 0 Å². The summed E-state index contributed by atoms with van der Waals surface area (Å²) in [7, 11) is -2.43. The van der Waals surface area contributed by atoms with E-state index in [0.29, 0.717) is 17.6 Å². The number of aromatic nitrogens is 1. The fraction of sp³-hybridized carbons (Fsp3) is 0.400. The fourth-order valence-corrected chi connectivity index (χ4v) is 3.19. The summed E-state index contributed by atoms with van der Waals surface area (Å²) in [6.07, 6.45) is 3.84. The van der Waals surface area contributed by atoms with E-state index in [1.807, 2.05) is 13.8 Å². The Hall–Kier alpha value is -1.15. The number of carboxylic acid groups (broad SMARTS) is 1. The molecule has 0 aliphatic carbocycles. The second kappa shape index (κ2) is 4.58. The highest BCUT2D eigenvalue weighted by molar-refractivity contribution is 7.71. The first kappa shape index (κ1) is 11.9. The Balaban J connectivity index is 3.21. The van der Waals surface area contributed by atoms with Crippen molar-refractivity contribution in [3.05, 3.63) is 24.0 Å². The van der Waals surface area contributed by atoms with E-state index in [2.05, 4.69) is 4.98 Å². The van der Waals surface area contributed by atoms with E-state index < -0.39 is 13.1 Å². The molecule has 0 spiro atoms. The molecule has 0 fully saturated rings. The average molecular weight is 227 g/mol. The Labute approximate surface area is 88.7 Å². The van der Waals surface area contributed by atoms with Gasteiger partial charge in [0.1, 0.15) is 7.14 Å². The van der Waals surface area contributed by atoms with Crippen LogP contribution in [-0.2, 0) is 4.57 Å². The average Bonchev–Trinajstić information content (AvgIpc) is 2.28. The van der Waals surface area contributed by atoms with Crippen LogP contribution in [-0.4, -0.2) is 28.4 Å². The molecule has 15 heavy (non-hydrogen) atoms. The molecule has 0 bridgehead atoms. The molecule has 0 saturated carbocycles. The zero-order valence-corrected chi connectivity index (χ0v) is 9.70. The van der Waals surface area contributed by atoms with E-state index in [1.165, 1.54) is 18.5 Å². The lowest BCUT2D eigenvalue weighted by atomic mass is 10.3. The summed E-state index contributed by atoms with van der Waals surface area (Å²) in [6, 6.07) is 1.46. The highest BCUT2D eigenvalue weighted by Gasteiger charge is 2.21. The Morgan fingerprint density at radius 2 is 2.00 bits per heavy atom. The normalized spacial score (nSPS) is 11.3. The summed E-state index contributed by atoms with van der Waals surface area (Å²) in [5, 5.41) is 9.35. The zero-order chi connectivity index (χ0) is 11.5. The van der Waals surface area contributed by atoms with Crippen molar-refractivity contribution in [3.8, 4) is 0 Å². The maximum absolute atomic E-state index is 12.3. The van der Waals surface area contributed by atoms with Gasteiger partial charge in [-0.1, -0.05) is 13.8 Å².